The Kier molecular flexibility index (Phi) is 4.26. The maximum absolute atomic E-state index is 13.4. The molecule has 7 heteroatoms. The lowest BCUT2D eigenvalue weighted by Gasteiger charge is -2.22. The third-order valence-corrected chi connectivity index (χ3v) is 4.30. The van der Waals surface area contributed by atoms with Crippen LogP contribution in [0.5, 0.6) is 0 Å². The van der Waals surface area contributed by atoms with E-state index in [9.17, 15) is 12.8 Å². The Morgan fingerprint density at radius 1 is 1.56 bits per heavy atom. The summed E-state index contributed by atoms with van der Waals surface area (Å²) < 4.78 is 39.5. The van der Waals surface area contributed by atoms with Gasteiger partial charge in [0.15, 0.2) is 5.82 Å². The van der Waals surface area contributed by atoms with Crippen LogP contribution in [0.4, 0.5) is 4.39 Å². The normalized spacial score (nSPS) is 20.8. The molecule has 0 aliphatic carbocycles. The van der Waals surface area contributed by atoms with Gasteiger partial charge in [0.05, 0.1) is 0 Å². The third-order valence-electron chi connectivity index (χ3n) is 2.94. The van der Waals surface area contributed by atoms with E-state index in [-0.39, 0.29) is 5.92 Å². The largest absolute Gasteiger partial charge is 0.316 e. The highest BCUT2D eigenvalue weighted by Gasteiger charge is 2.22. The molecule has 1 aromatic rings. The molecule has 1 atom stereocenters. The lowest BCUT2D eigenvalue weighted by Crippen LogP contribution is -2.38. The molecular formula is C11H16FN3O2S. The molecule has 0 aromatic carbocycles. The van der Waals surface area contributed by atoms with Crippen molar-refractivity contribution >= 4 is 10.0 Å². The summed E-state index contributed by atoms with van der Waals surface area (Å²) in [7, 11) is -3.85. The van der Waals surface area contributed by atoms with E-state index >= 15 is 0 Å². The Balaban J connectivity index is 2.01. The molecule has 1 fully saturated rings. The van der Waals surface area contributed by atoms with Crippen molar-refractivity contribution in [1.29, 1.82) is 0 Å². The van der Waals surface area contributed by atoms with Crippen molar-refractivity contribution in [3.8, 4) is 0 Å². The van der Waals surface area contributed by atoms with Crippen LogP contribution in [0, 0.1) is 11.7 Å². The van der Waals surface area contributed by atoms with Gasteiger partial charge in [-0.2, -0.15) is 0 Å². The van der Waals surface area contributed by atoms with E-state index in [1.807, 2.05) is 0 Å². The second-order valence-electron chi connectivity index (χ2n) is 4.35. The number of aromatic nitrogens is 1. The van der Waals surface area contributed by atoms with Crippen molar-refractivity contribution in [2.24, 2.45) is 5.92 Å². The van der Waals surface area contributed by atoms with Gasteiger partial charge in [0.2, 0.25) is 5.03 Å². The molecule has 2 rings (SSSR count). The molecule has 0 spiro atoms. The van der Waals surface area contributed by atoms with Crippen LogP contribution in [-0.2, 0) is 10.0 Å². The zero-order chi connectivity index (χ0) is 13.0. The van der Waals surface area contributed by atoms with Crippen LogP contribution in [0.25, 0.3) is 0 Å². The average Bonchev–Trinajstić information content (AvgIpc) is 2.38. The van der Waals surface area contributed by atoms with Gasteiger partial charge in [-0.05, 0) is 44.0 Å². The molecule has 2 heterocycles. The Hall–Kier alpha value is -1.05. The van der Waals surface area contributed by atoms with Gasteiger partial charge in [0.1, 0.15) is 0 Å². The fourth-order valence-electron chi connectivity index (χ4n) is 1.96. The van der Waals surface area contributed by atoms with E-state index < -0.39 is 20.9 Å². The summed E-state index contributed by atoms with van der Waals surface area (Å²) in [5, 5.41) is 2.66. The molecule has 1 saturated heterocycles. The molecule has 18 heavy (non-hydrogen) atoms. The first-order valence-electron chi connectivity index (χ1n) is 5.90. The van der Waals surface area contributed by atoms with Gasteiger partial charge in [-0.25, -0.2) is 22.5 Å². The summed E-state index contributed by atoms with van der Waals surface area (Å²) in [5.74, 6) is -0.577. The van der Waals surface area contributed by atoms with Gasteiger partial charge >= 0.3 is 0 Å². The Bertz CT molecular complexity index is 501. The number of halogens is 1. The highest BCUT2D eigenvalue weighted by Crippen LogP contribution is 2.12. The van der Waals surface area contributed by atoms with Crippen molar-refractivity contribution in [3.63, 3.8) is 0 Å². The second-order valence-corrected chi connectivity index (χ2v) is 6.04. The van der Waals surface area contributed by atoms with E-state index in [1.54, 1.807) is 0 Å². The predicted molar refractivity (Wildman–Crippen MR) is 65.0 cm³/mol. The molecule has 100 valence electrons. The van der Waals surface area contributed by atoms with E-state index in [0.29, 0.717) is 6.54 Å². The number of pyridine rings is 1. The molecule has 1 aliphatic rings. The Morgan fingerprint density at radius 3 is 3.06 bits per heavy atom. The van der Waals surface area contributed by atoms with Crippen molar-refractivity contribution in [3.05, 3.63) is 24.1 Å². The van der Waals surface area contributed by atoms with Gasteiger partial charge in [-0.15, -0.1) is 0 Å². The smallest absolute Gasteiger partial charge is 0.261 e. The van der Waals surface area contributed by atoms with Crippen LogP contribution in [0.1, 0.15) is 12.8 Å². The fraction of sp³-hybridized carbons (Fsp3) is 0.545. The summed E-state index contributed by atoms with van der Waals surface area (Å²) in [6, 6.07) is 2.45. The number of sulfonamides is 1. The first-order chi connectivity index (χ1) is 8.59. The first-order valence-corrected chi connectivity index (χ1v) is 7.39. The predicted octanol–water partition coefficient (Wildman–Crippen LogP) is 0.499. The maximum atomic E-state index is 13.4. The highest BCUT2D eigenvalue weighted by molar-refractivity contribution is 7.89. The molecule has 1 unspecified atom stereocenters. The third kappa shape index (κ3) is 3.24. The zero-order valence-electron chi connectivity index (χ0n) is 9.89. The minimum atomic E-state index is -3.85. The average molecular weight is 273 g/mol. The highest BCUT2D eigenvalue weighted by atomic mass is 32.2. The summed E-state index contributed by atoms with van der Waals surface area (Å²) in [4.78, 5) is 3.57. The number of nitrogens with one attached hydrogen (secondary N) is 2. The van der Waals surface area contributed by atoms with Crippen molar-refractivity contribution in [2.45, 2.75) is 17.9 Å². The molecule has 5 nitrogen and oxygen atoms in total. The minimum absolute atomic E-state index is 0.250. The molecule has 0 radical (unpaired) electrons. The lowest BCUT2D eigenvalue weighted by atomic mass is 10.0. The summed E-state index contributed by atoms with van der Waals surface area (Å²) in [5.41, 5.74) is 0. The van der Waals surface area contributed by atoms with Crippen LogP contribution < -0.4 is 10.0 Å². The minimum Gasteiger partial charge on any atom is -0.316 e. The molecule has 0 bridgehead atoms. The van der Waals surface area contributed by atoms with Crippen LogP contribution in [0.3, 0.4) is 0 Å². The Labute approximate surface area is 106 Å². The van der Waals surface area contributed by atoms with Crippen molar-refractivity contribution in [1.82, 2.24) is 15.0 Å². The topological polar surface area (TPSA) is 71.1 Å². The van der Waals surface area contributed by atoms with Crippen LogP contribution in [0.2, 0.25) is 0 Å². The number of nitrogens with zero attached hydrogens (tertiary/aromatic N) is 1. The van der Waals surface area contributed by atoms with Gasteiger partial charge in [-0.3, -0.25) is 0 Å². The van der Waals surface area contributed by atoms with Crippen LogP contribution in [-0.4, -0.2) is 33.0 Å². The quantitative estimate of drug-likeness (QED) is 0.838. The first kappa shape index (κ1) is 13.4. The molecule has 1 aliphatic heterocycles. The molecule has 2 N–H and O–H groups in total. The summed E-state index contributed by atoms with van der Waals surface area (Å²) >= 11 is 0. The zero-order valence-corrected chi connectivity index (χ0v) is 10.7. The second kappa shape index (κ2) is 5.73. The monoisotopic (exact) mass is 273 g/mol. The summed E-state index contributed by atoms with van der Waals surface area (Å²) in [6.45, 7) is 2.07. The molecule has 1 aromatic heterocycles. The van der Waals surface area contributed by atoms with Crippen LogP contribution in [0.15, 0.2) is 23.4 Å². The van der Waals surface area contributed by atoms with Crippen molar-refractivity contribution < 1.29 is 12.8 Å². The van der Waals surface area contributed by atoms with E-state index in [0.717, 1.165) is 32.0 Å². The maximum Gasteiger partial charge on any atom is 0.261 e. The number of hydrogen-bond donors (Lipinski definition) is 2. The van der Waals surface area contributed by atoms with Crippen LogP contribution >= 0.6 is 0 Å². The fourth-order valence-corrected chi connectivity index (χ4v) is 3.08. The van der Waals surface area contributed by atoms with Crippen molar-refractivity contribution in [2.75, 3.05) is 19.6 Å². The van der Waals surface area contributed by atoms with E-state index in [2.05, 4.69) is 15.0 Å². The standard InChI is InChI=1S/C11H16FN3O2S/c12-10-4-2-6-14-11(10)18(16,17)15-8-9-3-1-5-13-7-9/h2,4,6,9,13,15H,1,3,5,7-8H2. The Morgan fingerprint density at radius 2 is 2.39 bits per heavy atom. The molecule has 0 saturated carbocycles. The molecular weight excluding hydrogens is 257 g/mol. The molecule has 0 amide bonds. The van der Waals surface area contributed by atoms with E-state index in [1.165, 1.54) is 12.3 Å². The van der Waals surface area contributed by atoms with Gasteiger partial charge in [0, 0.05) is 12.7 Å². The van der Waals surface area contributed by atoms with Gasteiger partial charge in [0.25, 0.3) is 10.0 Å². The number of rotatable bonds is 4. The number of hydrogen-bond acceptors (Lipinski definition) is 4. The number of piperidine rings is 1. The van der Waals surface area contributed by atoms with E-state index in [4.69, 9.17) is 0 Å². The van der Waals surface area contributed by atoms with Gasteiger partial charge < -0.3 is 5.32 Å². The lowest BCUT2D eigenvalue weighted by molar-refractivity contribution is 0.375. The van der Waals surface area contributed by atoms with Gasteiger partial charge in [-0.1, -0.05) is 0 Å². The summed E-state index contributed by atoms with van der Waals surface area (Å²) in [6.07, 6.45) is 3.27. The SMILES string of the molecule is O=S(=O)(NCC1CCCNC1)c1ncccc1F.